The van der Waals surface area contributed by atoms with Gasteiger partial charge in [-0.2, -0.15) is 0 Å². The summed E-state index contributed by atoms with van der Waals surface area (Å²) in [4.78, 5) is 45.1. The van der Waals surface area contributed by atoms with E-state index in [0.29, 0.717) is 25.3 Å². The van der Waals surface area contributed by atoms with E-state index in [0.717, 1.165) is 41.5 Å². The smallest absolute Gasteiger partial charge is 0.394 e. The Bertz CT molecular complexity index is 1050. The fourth-order valence-corrected chi connectivity index (χ4v) is 5.67. The topological polar surface area (TPSA) is 112 Å². The molecule has 2 amide bonds. The van der Waals surface area contributed by atoms with Gasteiger partial charge in [-0.15, -0.1) is 11.3 Å². The van der Waals surface area contributed by atoms with Crippen molar-refractivity contribution >= 4 is 34.3 Å². The molecule has 1 aliphatic rings. The summed E-state index contributed by atoms with van der Waals surface area (Å²) in [6.07, 6.45) is 14.2. The van der Waals surface area contributed by atoms with Crippen molar-refractivity contribution in [2.24, 2.45) is 0 Å². The lowest BCUT2D eigenvalue weighted by Gasteiger charge is -2.26. The number of amides is 2. The molecule has 0 bridgehead atoms. The Hall–Kier alpha value is -2.98. The van der Waals surface area contributed by atoms with Gasteiger partial charge >= 0.3 is 11.9 Å². The predicted molar refractivity (Wildman–Crippen MR) is 158 cm³/mol. The monoisotopic (exact) mass is 572 g/mol. The molecular formula is C30H44N4O5S. The molecule has 2 N–H and O–H groups in total. The molecule has 0 atom stereocenters. The predicted octanol–water partition coefficient (Wildman–Crippen LogP) is 5.24. The minimum atomic E-state index is -1.50. The number of aromatic nitrogens is 1. The maximum Gasteiger partial charge on any atom is 0.394 e. The van der Waals surface area contributed by atoms with Gasteiger partial charge < -0.3 is 25.0 Å². The summed E-state index contributed by atoms with van der Waals surface area (Å²) in [6, 6.07) is 6.97. The molecule has 1 saturated heterocycles. The van der Waals surface area contributed by atoms with Gasteiger partial charge in [0.2, 0.25) is 0 Å². The quantitative estimate of drug-likeness (QED) is 0.197. The van der Waals surface area contributed by atoms with Crippen molar-refractivity contribution in [3.8, 4) is 0 Å². The van der Waals surface area contributed by atoms with Crippen molar-refractivity contribution < 1.29 is 24.2 Å². The zero-order valence-corrected chi connectivity index (χ0v) is 24.6. The minimum Gasteiger partial charge on any atom is -0.474 e. The number of hydrogen-bond acceptors (Lipinski definition) is 7. The first kappa shape index (κ1) is 31.5. The largest absolute Gasteiger partial charge is 0.474 e. The van der Waals surface area contributed by atoms with Crippen molar-refractivity contribution in [1.82, 2.24) is 15.2 Å². The molecular weight excluding hydrogens is 528 g/mol. The van der Waals surface area contributed by atoms with E-state index < -0.39 is 11.9 Å². The molecule has 3 rings (SSSR count). The zero-order valence-electron chi connectivity index (χ0n) is 23.7. The summed E-state index contributed by atoms with van der Waals surface area (Å²) in [6.45, 7) is 5.96. The average Bonchev–Trinajstić information content (AvgIpc) is 3.44. The number of rotatable bonds is 17. The molecule has 1 aromatic carbocycles. The van der Waals surface area contributed by atoms with E-state index in [4.69, 9.17) is 4.74 Å². The van der Waals surface area contributed by atoms with Crippen LogP contribution in [0.4, 0.5) is 5.13 Å². The molecule has 0 unspecified atom stereocenters. The molecule has 9 nitrogen and oxygen atoms in total. The summed E-state index contributed by atoms with van der Waals surface area (Å²) in [5.74, 6) is -2.60. The number of thiazole rings is 1. The molecule has 10 heteroatoms. The molecule has 40 heavy (non-hydrogen) atoms. The molecule has 1 fully saturated rings. The standard InChI is InChI=1S/C30H44N4O5S/c1-2-3-4-5-6-7-8-9-10-11-16-31-27(35)25-14-12-24(13-15-25)22-34(28(36)29(37)38)23-26-21-32-30(40-26)33-17-19-39-20-18-33/h12-15,21H,2-11,16-20,22-23H2,1H3,(H,31,35)(H,37,38). The number of carboxylic acid groups (broad SMARTS) is 1. The summed E-state index contributed by atoms with van der Waals surface area (Å²) < 4.78 is 5.38. The Kier molecular flexibility index (Phi) is 13.9. The van der Waals surface area contributed by atoms with Gasteiger partial charge in [0.25, 0.3) is 5.91 Å². The Balaban J connectivity index is 1.42. The van der Waals surface area contributed by atoms with Gasteiger partial charge in [-0.3, -0.25) is 9.59 Å². The first-order chi connectivity index (χ1) is 19.5. The van der Waals surface area contributed by atoms with Gasteiger partial charge in [0.05, 0.1) is 19.8 Å². The number of nitrogens with zero attached hydrogens (tertiary/aromatic N) is 3. The SMILES string of the molecule is CCCCCCCCCCCCNC(=O)c1ccc(CN(Cc2cnc(N3CCOCC3)s2)C(=O)C(=O)O)cc1. The normalized spacial score (nSPS) is 13.3. The molecule has 1 aliphatic heterocycles. The highest BCUT2D eigenvalue weighted by atomic mass is 32.1. The molecule has 220 valence electrons. The second-order valence-electron chi connectivity index (χ2n) is 10.3. The number of anilines is 1. The number of aliphatic carboxylic acids is 1. The van der Waals surface area contributed by atoms with Crippen LogP contribution in [0.1, 0.15) is 91.9 Å². The second-order valence-corrected chi connectivity index (χ2v) is 11.4. The molecule has 0 radical (unpaired) electrons. The summed E-state index contributed by atoms with van der Waals surface area (Å²) in [5.41, 5.74) is 1.29. The number of morpholine rings is 1. The van der Waals surface area contributed by atoms with Gasteiger partial charge in [-0.25, -0.2) is 9.78 Å². The Labute approximate surface area is 241 Å². The molecule has 2 heterocycles. The van der Waals surface area contributed by atoms with Gasteiger partial charge in [0, 0.05) is 42.8 Å². The number of ether oxygens (including phenoxy) is 1. The van der Waals surface area contributed by atoms with Crippen LogP contribution in [-0.2, 0) is 27.4 Å². The van der Waals surface area contributed by atoms with E-state index in [2.05, 4.69) is 22.1 Å². The van der Waals surface area contributed by atoms with Crippen LogP contribution in [0.25, 0.3) is 0 Å². The summed E-state index contributed by atoms with van der Waals surface area (Å²) in [5, 5.41) is 13.2. The minimum absolute atomic E-state index is 0.121. The number of unbranched alkanes of at least 4 members (excludes halogenated alkanes) is 9. The molecule has 2 aromatic rings. The number of hydrogen-bond donors (Lipinski definition) is 2. The van der Waals surface area contributed by atoms with Crippen LogP contribution in [0.2, 0.25) is 0 Å². The lowest BCUT2D eigenvalue weighted by atomic mass is 10.1. The van der Waals surface area contributed by atoms with E-state index in [-0.39, 0.29) is 19.0 Å². The van der Waals surface area contributed by atoms with Crippen molar-refractivity contribution in [3.05, 3.63) is 46.5 Å². The van der Waals surface area contributed by atoms with Crippen LogP contribution in [0.15, 0.2) is 30.5 Å². The van der Waals surface area contributed by atoms with Crippen LogP contribution >= 0.6 is 11.3 Å². The van der Waals surface area contributed by atoms with Crippen LogP contribution < -0.4 is 10.2 Å². The van der Waals surface area contributed by atoms with Crippen molar-refractivity contribution in [1.29, 1.82) is 0 Å². The average molecular weight is 573 g/mol. The van der Waals surface area contributed by atoms with Gasteiger partial charge in [0.15, 0.2) is 5.13 Å². The number of carbonyl (C=O) groups is 3. The number of nitrogens with one attached hydrogen (secondary N) is 1. The fourth-order valence-electron chi connectivity index (χ4n) is 4.69. The Morgan fingerprint density at radius 1 is 0.950 bits per heavy atom. The highest BCUT2D eigenvalue weighted by molar-refractivity contribution is 7.15. The summed E-state index contributed by atoms with van der Waals surface area (Å²) in [7, 11) is 0. The van der Waals surface area contributed by atoms with E-state index in [9.17, 15) is 19.5 Å². The fraction of sp³-hybridized carbons (Fsp3) is 0.600. The molecule has 1 aromatic heterocycles. The third kappa shape index (κ3) is 10.9. The van der Waals surface area contributed by atoms with E-state index in [1.54, 1.807) is 30.5 Å². The Morgan fingerprint density at radius 3 is 2.20 bits per heavy atom. The van der Waals surface area contributed by atoms with Crippen molar-refractivity contribution in [3.63, 3.8) is 0 Å². The van der Waals surface area contributed by atoms with Gasteiger partial charge in [0.1, 0.15) is 0 Å². The van der Waals surface area contributed by atoms with E-state index in [1.165, 1.54) is 67.6 Å². The lowest BCUT2D eigenvalue weighted by Crippen LogP contribution is -2.36. The first-order valence-electron chi connectivity index (χ1n) is 14.6. The van der Waals surface area contributed by atoms with E-state index in [1.807, 2.05) is 0 Å². The summed E-state index contributed by atoms with van der Waals surface area (Å²) >= 11 is 1.45. The van der Waals surface area contributed by atoms with Crippen LogP contribution in [0.3, 0.4) is 0 Å². The van der Waals surface area contributed by atoms with Gasteiger partial charge in [-0.05, 0) is 24.1 Å². The highest BCUT2D eigenvalue weighted by Gasteiger charge is 2.23. The van der Waals surface area contributed by atoms with Crippen molar-refractivity contribution in [2.45, 2.75) is 84.2 Å². The molecule has 0 spiro atoms. The van der Waals surface area contributed by atoms with Crippen LogP contribution in [0.5, 0.6) is 0 Å². The zero-order chi connectivity index (χ0) is 28.6. The van der Waals surface area contributed by atoms with Crippen LogP contribution in [-0.4, -0.2) is 65.6 Å². The number of carbonyl (C=O) groups excluding carboxylic acids is 2. The third-order valence-corrected chi connectivity index (χ3v) is 8.09. The van der Waals surface area contributed by atoms with Crippen LogP contribution in [0, 0.1) is 0 Å². The number of benzene rings is 1. The van der Waals surface area contributed by atoms with E-state index >= 15 is 0 Å². The first-order valence-corrected chi connectivity index (χ1v) is 15.5. The van der Waals surface area contributed by atoms with Gasteiger partial charge in [-0.1, -0.05) is 76.8 Å². The molecule has 0 aliphatic carbocycles. The molecule has 0 saturated carbocycles. The lowest BCUT2D eigenvalue weighted by molar-refractivity contribution is -0.156. The highest BCUT2D eigenvalue weighted by Crippen LogP contribution is 2.25. The third-order valence-electron chi connectivity index (χ3n) is 7.05. The maximum absolute atomic E-state index is 12.5. The Morgan fingerprint density at radius 2 is 1.57 bits per heavy atom. The van der Waals surface area contributed by atoms with Crippen molar-refractivity contribution in [2.75, 3.05) is 37.7 Å². The maximum atomic E-state index is 12.5. The second kappa shape index (κ2) is 17.7. The number of carboxylic acids is 1.